The van der Waals surface area contributed by atoms with Gasteiger partial charge < -0.3 is 10.8 Å². The van der Waals surface area contributed by atoms with Crippen molar-refractivity contribution >= 4 is 17.6 Å². The Morgan fingerprint density at radius 2 is 2.27 bits per heavy atom. The molecule has 0 heterocycles. The number of rotatable bonds is 4. The van der Waals surface area contributed by atoms with E-state index in [4.69, 9.17) is 22.4 Å². The molecular weight excluding hydrogens is 221 g/mol. The summed E-state index contributed by atoms with van der Waals surface area (Å²) in [6, 6.07) is 3.76. The highest BCUT2D eigenvalue weighted by Gasteiger charge is 2.10. The van der Waals surface area contributed by atoms with Crippen LogP contribution in [0.25, 0.3) is 0 Å². The van der Waals surface area contributed by atoms with Gasteiger partial charge in [-0.1, -0.05) is 17.7 Å². The van der Waals surface area contributed by atoms with E-state index in [0.29, 0.717) is 6.42 Å². The molecule has 1 atom stereocenters. The number of nitrogens with two attached hydrogens (primary N) is 1. The number of halogens is 2. The average molecular weight is 232 g/mol. The summed E-state index contributed by atoms with van der Waals surface area (Å²) in [5.74, 6) is -1.44. The molecule has 3 nitrogen and oxygen atoms in total. The van der Waals surface area contributed by atoms with Crippen LogP contribution in [0.2, 0.25) is 5.02 Å². The lowest BCUT2D eigenvalue weighted by molar-refractivity contribution is -0.137. The normalized spacial score (nSPS) is 12.5. The lowest BCUT2D eigenvalue weighted by Crippen LogP contribution is -2.26. The van der Waals surface area contributed by atoms with Gasteiger partial charge in [0.1, 0.15) is 5.82 Å². The van der Waals surface area contributed by atoms with E-state index in [0.717, 1.165) is 5.56 Å². The molecule has 1 aromatic carbocycles. The van der Waals surface area contributed by atoms with Crippen molar-refractivity contribution < 1.29 is 14.3 Å². The summed E-state index contributed by atoms with van der Waals surface area (Å²) in [7, 11) is 0. The van der Waals surface area contributed by atoms with Crippen LogP contribution in [-0.4, -0.2) is 17.1 Å². The number of hydrogen-bond donors (Lipinski definition) is 2. The topological polar surface area (TPSA) is 63.3 Å². The standard InChI is InChI=1S/C10H11ClFNO2/c11-8-4-6(1-2-9(8)12)3-7(13)5-10(14)15/h1-2,4,7H,3,5,13H2,(H,14,15). The van der Waals surface area contributed by atoms with Gasteiger partial charge in [0.25, 0.3) is 0 Å². The highest BCUT2D eigenvalue weighted by Crippen LogP contribution is 2.17. The maximum absolute atomic E-state index is 12.8. The summed E-state index contributed by atoms with van der Waals surface area (Å²) in [6.45, 7) is 0. The predicted molar refractivity (Wildman–Crippen MR) is 55.3 cm³/mol. The number of carboxylic acid groups (broad SMARTS) is 1. The first-order chi connectivity index (χ1) is 6.99. The molecule has 0 saturated carbocycles. The summed E-state index contributed by atoms with van der Waals surface area (Å²) < 4.78 is 12.8. The molecule has 1 rings (SSSR count). The van der Waals surface area contributed by atoms with Crippen molar-refractivity contribution in [1.82, 2.24) is 0 Å². The van der Waals surface area contributed by atoms with E-state index in [1.165, 1.54) is 12.1 Å². The Kier molecular flexibility index (Phi) is 4.05. The van der Waals surface area contributed by atoms with Gasteiger partial charge in [0.15, 0.2) is 0 Å². The highest BCUT2D eigenvalue weighted by atomic mass is 35.5. The van der Waals surface area contributed by atoms with Crippen LogP contribution in [0.3, 0.4) is 0 Å². The quantitative estimate of drug-likeness (QED) is 0.831. The zero-order valence-corrected chi connectivity index (χ0v) is 8.67. The van der Waals surface area contributed by atoms with Gasteiger partial charge in [0.05, 0.1) is 11.4 Å². The van der Waals surface area contributed by atoms with Crippen LogP contribution < -0.4 is 5.73 Å². The summed E-state index contributed by atoms with van der Waals surface area (Å²) in [4.78, 5) is 10.4. The molecule has 0 radical (unpaired) electrons. The third kappa shape index (κ3) is 3.85. The van der Waals surface area contributed by atoms with Crippen molar-refractivity contribution in [3.05, 3.63) is 34.6 Å². The van der Waals surface area contributed by atoms with Gasteiger partial charge in [-0.3, -0.25) is 4.79 Å². The molecule has 0 spiro atoms. The van der Waals surface area contributed by atoms with Gasteiger partial charge in [-0.15, -0.1) is 0 Å². The molecule has 0 aliphatic heterocycles. The average Bonchev–Trinajstić information content (AvgIpc) is 2.10. The van der Waals surface area contributed by atoms with Gasteiger partial charge in [-0.2, -0.15) is 0 Å². The van der Waals surface area contributed by atoms with Crippen molar-refractivity contribution in [1.29, 1.82) is 0 Å². The first-order valence-electron chi connectivity index (χ1n) is 4.40. The van der Waals surface area contributed by atoms with E-state index in [2.05, 4.69) is 0 Å². The Hall–Kier alpha value is -1.13. The fraction of sp³-hybridized carbons (Fsp3) is 0.300. The first-order valence-corrected chi connectivity index (χ1v) is 4.78. The monoisotopic (exact) mass is 231 g/mol. The molecule has 3 N–H and O–H groups in total. The zero-order valence-electron chi connectivity index (χ0n) is 7.91. The summed E-state index contributed by atoms with van der Waals surface area (Å²) in [6.07, 6.45) is 0.251. The van der Waals surface area contributed by atoms with Crippen LogP contribution >= 0.6 is 11.6 Å². The summed E-state index contributed by atoms with van der Waals surface area (Å²) >= 11 is 5.57. The predicted octanol–water partition coefficient (Wildman–Crippen LogP) is 1.82. The third-order valence-electron chi connectivity index (χ3n) is 1.92. The Balaban J connectivity index is 2.64. The Morgan fingerprint density at radius 3 is 2.80 bits per heavy atom. The first kappa shape index (κ1) is 11.9. The SMILES string of the molecule is NC(CC(=O)O)Cc1ccc(F)c(Cl)c1. The lowest BCUT2D eigenvalue weighted by atomic mass is 10.0. The minimum Gasteiger partial charge on any atom is -0.481 e. The maximum atomic E-state index is 12.8. The van der Waals surface area contributed by atoms with E-state index < -0.39 is 17.8 Å². The van der Waals surface area contributed by atoms with E-state index in [1.54, 1.807) is 6.07 Å². The largest absolute Gasteiger partial charge is 0.481 e. The second-order valence-electron chi connectivity index (χ2n) is 3.31. The van der Waals surface area contributed by atoms with Crippen molar-refractivity contribution in [2.45, 2.75) is 18.9 Å². The molecule has 1 unspecified atom stereocenters. The van der Waals surface area contributed by atoms with Gasteiger partial charge in [-0.25, -0.2) is 4.39 Å². The number of carbonyl (C=O) groups is 1. The Morgan fingerprint density at radius 1 is 1.60 bits per heavy atom. The van der Waals surface area contributed by atoms with Gasteiger partial charge >= 0.3 is 5.97 Å². The molecule has 5 heteroatoms. The van der Waals surface area contributed by atoms with Crippen LogP contribution in [0.4, 0.5) is 4.39 Å². The molecule has 0 amide bonds. The molecule has 0 fully saturated rings. The summed E-state index contributed by atoms with van der Waals surface area (Å²) in [5.41, 5.74) is 6.31. The molecule has 1 aromatic rings. The smallest absolute Gasteiger partial charge is 0.304 e. The fourth-order valence-electron chi connectivity index (χ4n) is 1.27. The van der Waals surface area contributed by atoms with Crippen molar-refractivity contribution in [2.75, 3.05) is 0 Å². The molecule has 0 aromatic heterocycles. The number of benzene rings is 1. The van der Waals surface area contributed by atoms with E-state index in [-0.39, 0.29) is 11.4 Å². The Bertz CT molecular complexity index is 370. The van der Waals surface area contributed by atoms with E-state index in [1.807, 2.05) is 0 Å². The van der Waals surface area contributed by atoms with Crippen LogP contribution in [0.5, 0.6) is 0 Å². The second kappa shape index (κ2) is 5.09. The van der Waals surface area contributed by atoms with Crippen molar-refractivity contribution in [3.63, 3.8) is 0 Å². The third-order valence-corrected chi connectivity index (χ3v) is 2.21. The molecule has 0 aliphatic rings. The Labute approximate surface area is 91.7 Å². The minimum absolute atomic E-state index is 0.0232. The van der Waals surface area contributed by atoms with Crippen LogP contribution in [0, 0.1) is 5.82 Å². The maximum Gasteiger partial charge on any atom is 0.304 e. The number of aliphatic carboxylic acids is 1. The number of hydrogen-bond acceptors (Lipinski definition) is 2. The second-order valence-corrected chi connectivity index (χ2v) is 3.72. The van der Waals surface area contributed by atoms with Crippen molar-refractivity contribution in [2.24, 2.45) is 5.73 Å². The van der Waals surface area contributed by atoms with Crippen LogP contribution in [-0.2, 0) is 11.2 Å². The van der Waals surface area contributed by atoms with Crippen LogP contribution in [0.1, 0.15) is 12.0 Å². The lowest BCUT2D eigenvalue weighted by Gasteiger charge is -2.09. The van der Waals surface area contributed by atoms with Gasteiger partial charge in [-0.05, 0) is 24.1 Å². The van der Waals surface area contributed by atoms with Gasteiger partial charge in [0.2, 0.25) is 0 Å². The zero-order chi connectivity index (χ0) is 11.4. The van der Waals surface area contributed by atoms with E-state index in [9.17, 15) is 9.18 Å². The molecular formula is C10H11ClFNO2. The van der Waals surface area contributed by atoms with Gasteiger partial charge in [0, 0.05) is 6.04 Å². The van der Waals surface area contributed by atoms with Crippen LogP contribution in [0.15, 0.2) is 18.2 Å². The van der Waals surface area contributed by atoms with Crippen molar-refractivity contribution in [3.8, 4) is 0 Å². The molecule has 15 heavy (non-hydrogen) atoms. The molecule has 0 aliphatic carbocycles. The van der Waals surface area contributed by atoms with E-state index >= 15 is 0 Å². The fourth-order valence-corrected chi connectivity index (χ4v) is 1.47. The molecule has 0 saturated heterocycles. The molecule has 0 bridgehead atoms. The minimum atomic E-state index is -0.948. The number of carboxylic acids is 1. The summed E-state index contributed by atoms with van der Waals surface area (Å²) in [5, 5.41) is 8.52. The molecule has 82 valence electrons. The highest BCUT2D eigenvalue weighted by molar-refractivity contribution is 6.30.